The van der Waals surface area contributed by atoms with E-state index in [9.17, 15) is 0 Å². The molecule has 3 aromatic rings. The third-order valence-corrected chi connectivity index (χ3v) is 5.16. The Hall–Kier alpha value is -2.35. The number of nitrogens with zero attached hydrogens (tertiary/aromatic N) is 2. The molecule has 0 saturated carbocycles. The van der Waals surface area contributed by atoms with Crippen LogP contribution in [0.2, 0.25) is 0 Å². The molecule has 0 spiro atoms. The Morgan fingerprint density at radius 3 is 3.17 bits per heavy atom. The molecule has 1 aliphatic carbocycles. The Bertz CT molecular complexity index is 897. The van der Waals surface area contributed by atoms with Crippen LogP contribution in [0.25, 0.3) is 10.7 Å². The van der Waals surface area contributed by atoms with Gasteiger partial charge in [-0.15, -0.1) is 11.3 Å². The zero-order valence-electron chi connectivity index (χ0n) is 12.6. The lowest BCUT2D eigenvalue weighted by Crippen LogP contribution is -2.07. The minimum atomic E-state index is -0.112. The van der Waals surface area contributed by atoms with Gasteiger partial charge in [0.25, 0.3) is 0 Å². The molecule has 0 unspecified atom stereocenters. The molecular weight excluding hydrogens is 304 g/mol. The lowest BCUT2D eigenvalue weighted by atomic mass is 10.1. The van der Waals surface area contributed by atoms with Crippen LogP contribution in [-0.4, -0.2) is 21.3 Å². The number of aliphatic hydroxyl groups excluding tert-OH is 1. The van der Waals surface area contributed by atoms with E-state index >= 15 is 0 Å². The van der Waals surface area contributed by atoms with Gasteiger partial charge in [-0.25, -0.2) is 4.98 Å². The summed E-state index contributed by atoms with van der Waals surface area (Å²) in [5.74, 6) is 6.64. The van der Waals surface area contributed by atoms with E-state index < -0.39 is 0 Å². The van der Waals surface area contributed by atoms with E-state index in [2.05, 4.69) is 51.9 Å². The van der Waals surface area contributed by atoms with Crippen molar-refractivity contribution in [1.29, 1.82) is 0 Å². The first kappa shape index (κ1) is 14.3. The molecule has 1 aromatic carbocycles. The lowest BCUT2D eigenvalue weighted by Gasteiger charge is -2.16. The van der Waals surface area contributed by atoms with Crippen molar-refractivity contribution in [3.8, 4) is 22.5 Å². The maximum absolute atomic E-state index is 8.81. The number of hydrogen-bond acceptors (Lipinski definition) is 3. The number of rotatable bonds is 2. The standard InChI is InChI=1S/C19H16N2OS/c22-11-3-4-14-12-18(23-13-14)19-20-9-10-21(19)17-8-7-15-5-1-2-6-16(15)17/h1-2,5-6,9-10,12-13,17,22H,7-8,11H2/t17-/m0/s1. The maximum Gasteiger partial charge on any atom is 0.150 e. The zero-order valence-corrected chi connectivity index (χ0v) is 13.4. The molecule has 1 N–H and O–H groups in total. The fourth-order valence-corrected chi connectivity index (χ4v) is 4.08. The van der Waals surface area contributed by atoms with E-state index in [0.717, 1.165) is 29.1 Å². The van der Waals surface area contributed by atoms with E-state index in [1.807, 2.05) is 17.6 Å². The summed E-state index contributed by atoms with van der Waals surface area (Å²) >= 11 is 1.64. The highest BCUT2D eigenvalue weighted by Crippen LogP contribution is 2.37. The van der Waals surface area contributed by atoms with Crippen LogP contribution in [0.15, 0.2) is 48.1 Å². The minimum absolute atomic E-state index is 0.112. The molecule has 2 heterocycles. The number of fused-ring (bicyclic) bond motifs is 1. The quantitative estimate of drug-likeness (QED) is 0.734. The molecule has 0 saturated heterocycles. The third-order valence-electron chi connectivity index (χ3n) is 4.24. The van der Waals surface area contributed by atoms with Gasteiger partial charge >= 0.3 is 0 Å². The molecule has 23 heavy (non-hydrogen) atoms. The van der Waals surface area contributed by atoms with Gasteiger partial charge in [0.1, 0.15) is 6.61 Å². The minimum Gasteiger partial charge on any atom is -0.384 e. The number of imidazole rings is 1. The van der Waals surface area contributed by atoms with Crippen LogP contribution in [0.1, 0.15) is 29.2 Å². The number of aliphatic hydroxyl groups is 1. The third kappa shape index (κ3) is 2.59. The predicted molar refractivity (Wildman–Crippen MR) is 92.4 cm³/mol. The largest absolute Gasteiger partial charge is 0.384 e. The van der Waals surface area contributed by atoms with Crippen LogP contribution in [0.4, 0.5) is 0 Å². The van der Waals surface area contributed by atoms with Crippen LogP contribution in [0.3, 0.4) is 0 Å². The second kappa shape index (κ2) is 6.04. The Morgan fingerprint density at radius 2 is 2.26 bits per heavy atom. The number of benzene rings is 1. The van der Waals surface area contributed by atoms with Gasteiger partial charge < -0.3 is 9.67 Å². The van der Waals surface area contributed by atoms with E-state index in [4.69, 9.17) is 5.11 Å². The highest BCUT2D eigenvalue weighted by Gasteiger charge is 2.25. The number of aromatic nitrogens is 2. The Balaban J connectivity index is 1.71. The van der Waals surface area contributed by atoms with Gasteiger partial charge in [-0.05, 0) is 30.0 Å². The first-order valence-electron chi connectivity index (χ1n) is 7.66. The SMILES string of the molecule is OCC#Cc1csc(-c2nccn2[C@H]2CCc3ccccc32)c1. The zero-order chi connectivity index (χ0) is 15.6. The first-order chi connectivity index (χ1) is 11.4. The van der Waals surface area contributed by atoms with Crippen LogP contribution in [-0.2, 0) is 6.42 Å². The van der Waals surface area contributed by atoms with Crippen molar-refractivity contribution in [1.82, 2.24) is 9.55 Å². The number of aryl methyl sites for hydroxylation is 1. The summed E-state index contributed by atoms with van der Waals surface area (Å²) in [7, 11) is 0. The maximum atomic E-state index is 8.81. The molecule has 0 radical (unpaired) electrons. The molecule has 4 heteroatoms. The van der Waals surface area contributed by atoms with Gasteiger partial charge in [0.2, 0.25) is 0 Å². The van der Waals surface area contributed by atoms with E-state index in [1.165, 1.54) is 11.1 Å². The van der Waals surface area contributed by atoms with Crippen molar-refractivity contribution >= 4 is 11.3 Å². The Labute approximate surface area is 139 Å². The molecule has 4 rings (SSSR count). The van der Waals surface area contributed by atoms with Crippen molar-refractivity contribution in [2.75, 3.05) is 6.61 Å². The van der Waals surface area contributed by atoms with Gasteiger partial charge in [-0.3, -0.25) is 0 Å². The summed E-state index contributed by atoms with van der Waals surface area (Å²) < 4.78 is 2.28. The normalized spacial score (nSPS) is 16.0. The van der Waals surface area contributed by atoms with Crippen molar-refractivity contribution in [3.05, 3.63) is 64.8 Å². The van der Waals surface area contributed by atoms with Crippen LogP contribution in [0.5, 0.6) is 0 Å². The first-order valence-corrected chi connectivity index (χ1v) is 8.54. The van der Waals surface area contributed by atoms with Crippen molar-refractivity contribution in [3.63, 3.8) is 0 Å². The molecule has 0 bridgehead atoms. The van der Waals surface area contributed by atoms with Gasteiger partial charge in [0, 0.05) is 23.3 Å². The molecule has 0 fully saturated rings. The molecule has 3 nitrogen and oxygen atoms in total. The van der Waals surface area contributed by atoms with E-state index in [-0.39, 0.29) is 6.61 Å². The molecule has 1 aliphatic rings. The van der Waals surface area contributed by atoms with Crippen LogP contribution >= 0.6 is 11.3 Å². The fraction of sp³-hybridized carbons (Fsp3) is 0.211. The Morgan fingerprint density at radius 1 is 1.35 bits per heavy atom. The van der Waals surface area contributed by atoms with Crippen molar-refractivity contribution in [2.45, 2.75) is 18.9 Å². The summed E-state index contributed by atoms with van der Waals surface area (Å²) in [5.41, 5.74) is 3.78. The Kier molecular flexibility index (Phi) is 3.74. The number of thiophene rings is 1. The molecular formula is C19H16N2OS. The summed E-state index contributed by atoms with van der Waals surface area (Å²) in [5, 5.41) is 10.8. The average Bonchev–Trinajstić information content (AvgIpc) is 3.30. The van der Waals surface area contributed by atoms with E-state index in [1.54, 1.807) is 11.3 Å². The van der Waals surface area contributed by atoms with Gasteiger partial charge in [-0.2, -0.15) is 0 Å². The van der Waals surface area contributed by atoms with Gasteiger partial charge in [0.05, 0.1) is 10.9 Å². The summed E-state index contributed by atoms with van der Waals surface area (Å²) in [6.07, 6.45) is 6.18. The highest BCUT2D eigenvalue weighted by atomic mass is 32.1. The average molecular weight is 320 g/mol. The lowest BCUT2D eigenvalue weighted by molar-refractivity contribution is 0.350. The van der Waals surface area contributed by atoms with Crippen LogP contribution in [0, 0.1) is 11.8 Å². The van der Waals surface area contributed by atoms with Crippen molar-refractivity contribution in [2.24, 2.45) is 0 Å². The second-order valence-corrected chi connectivity index (χ2v) is 6.48. The topological polar surface area (TPSA) is 38.1 Å². The number of hydrogen-bond donors (Lipinski definition) is 1. The molecule has 2 aromatic heterocycles. The predicted octanol–water partition coefficient (Wildman–Crippen LogP) is 3.49. The molecule has 114 valence electrons. The fourth-order valence-electron chi connectivity index (χ4n) is 3.24. The van der Waals surface area contributed by atoms with Gasteiger partial charge in [-0.1, -0.05) is 36.1 Å². The summed E-state index contributed by atoms with van der Waals surface area (Å²) in [6.45, 7) is -0.112. The molecule has 1 atom stereocenters. The van der Waals surface area contributed by atoms with E-state index in [0.29, 0.717) is 6.04 Å². The van der Waals surface area contributed by atoms with Crippen molar-refractivity contribution < 1.29 is 5.11 Å². The summed E-state index contributed by atoms with van der Waals surface area (Å²) in [4.78, 5) is 5.69. The second-order valence-electron chi connectivity index (χ2n) is 5.57. The molecule has 0 amide bonds. The smallest absolute Gasteiger partial charge is 0.150 e. The summed E-state index contributed by atoms with van der Waals surface area (Å²) in [6, 6.07) is 11.1. The highest BCUT2D eigenvalue weighted by molar-refractivity contribution is 7.13. The molecule has 0 aliphatic heterocycles. The van der Waals surface area contributed by atoms with Crippen LogP contribution < -0.4 is 0 Å². The van der Waals surface area contributed by atoms with Gasteiger partial charge in [0.15, 0.2) is 5.82 Å². The monoisotopic (exact) mass is 320 g/mol.